The van der Waals surface area contributed by atoms with E-state index in [1.807, 2.05) is 31.2 Å². The monoisotopic (exact) mass is 446 g/mol. The molecule has 0 aromatic heterocycles. The minimum absolute atomic E-state index is 0.355. The fraction of sp³-hybridized carbons (Fsp3) is 0.188. The molecule has 0 aliphatic heterocycles. The fourth-order valence-corrected chi connectivity index (χ4v) is 2.75. The molecule has 2 rings (SSSR count). The number of hydrogen-bond donors (Lipinski definition) is 0. The van der Waals surface area contributed by atoms with Gasteiger partial charge >= 0.3 is 0 Å². The zero-order chi connectivity index (χ0) is 16.1. The lowest BCUT2D eigenvalue weighted by Gasteiger charge is -2.14. The molecule has 0 radical (unpaired) electrons. The highest BCUT2D eigenvalue weighted by Crippen LogP contribution is 2.37. The van der Waals surface area contributed by atoms with Crippen molar-refractivity contribution in [1.82, 2.24) is 0 Å². The third-order valence-corrected chi connectivity index (χ3v) is 4.17. The number of halogens is 3. The summed E-state index contributed by atoms with van der Waals surface area (Å²) in [7, 11) is 0. The van der Waals surface area contributed by atoms with Crippen LogP contribution in [0.4, 0.5) is 0 Å². The first-order valence-corrected chi connectivity index (χ1v) is 8.51. The Bertz CT molecular complexity index is 672. The van der Waals surface area contributed by atoms with E-state index in [2.05, 4.69) is 31.9 Å². The van der Waals surface area contributed by atoms with E-state index in [0.717, 1.165) is 10.0 Å². The molecule has 0 bridgehead atoms. The van der Waals surface area contributed by atoms with Crippen LogP contribution >= 0.6 is 43.5 Å². The first-order valence-electron chi connectivity index (χ1n) is 6.54. The Balaban J connectivity index is 2.25. The molecular formula is C16H13Br2ClO3. The van der Waals surface area contributed by atoms with Gasteiger partial charge in [-0.3, -0.25) is 4.79 Å². The van der Waals surface area contributed by atoms with Gasteiger partial charge in [-0.05, 0) is 64.3 Å². The van der Waals surface area contributed by atoms with Crippen molar-refractivity contribution in [2.45, 2.75) is 13.5 Å². The number of rotatable bonds is 6. The Morgan fingerprint density at radius 3 is 2.41 bits per heavy atom. The van der Waals surface area contributed by atoms with E-state index in [0.29, 0.717) is 34.7 Å². The zero-order valence-corrected chi connectivity index (χ0v) is 15.7. The molecule has 0 saturated heterocycles. The van der Waals surface area contributed by atoms with Crippen molar-refractivity contribution in [2.75, 3.05) is 6.61 Å². The molecule has 0 aliphatic carbocycles. The van der Waals surface area contributed by atoms with Crippen molar-refractivity contribution < 1.29 is 14.3 Å². The van der Waals surface area contributed by atoms with Crippen LogP contribution in [0.1, 0.15) is 22.8 Å². The van der Waals surface area contributed by atoms with Gasteiger partial charge in [-0.15, -0.1) is 0 Å². The molecule has 0 spiro atoms. The fourth-order valence-electron chi connectivity index (χ4n) is 1.82. The summed E-state index contributed by atoms with van der Waals surface area (Å²) in [5.41, 5.74) is 1.38. The first kappa shape index (κ1) is 17.3. The largest absolute Gasteiger partial charge is 0.490 e. The van der Waals surface area contributed by atoms with Crippen molar-refractivity contribution in [3.63, 3.8) is 0 Å². The van der Waals surface area contributed by atoms with Crippen LogP contribution < -0.4 is 9.47 Å². The van der Waals surface area contributed by atoms with E-state index in [-0.39, 0.29) is 0 Å². The average molecular weight is 449 g/mol. The summed E-state index contributed by atoms with van der Waals surface area (Å²) < 4.78 is 13.0. The normalized spacial score (nSPS) is 10.4. The van der Waals surface area contributed by atoms with E-state index in [4.69, 9.17) is 21.1 Å². The SMILES string of the molecule is CCOc1cc(C(=O)Cl)cc(Br)c1OCc1ccc(Br)cc1. The van der Waals surface area contributed by atoms with Crippen LogP contribution in [0, 0.1) is 0 Å². The Morgan fingerprint density at radius 1 is 1.14 bits per heavy atom. The summed E-state index contributed by atoms with van der Waals surface area (Å²) in [5.74, 6) is 1.03. The third-order valence-electron chi connectivity index (χ3n) is 2.83. The molecule has 0 aliphatic rings. The molecule has 0 atom stereocenters. The number of benzene rings is 2. The first-order chi connectivity index (χ1) is 10.5. The standard InChI is InChI=1S/C16H13Br2ClO3/c1-2-21-14-8-11(16(19)20)7-13(18)15(14)22-9-10-3-5-12(17)6-4-10/h3-8H,2,9H2,1H3. The third kappa shape index (κ3) is 4.48. The maximum atomic E-state index is 11.3. The van der Waals surface area contributed by atoms with Gasteiger partial charge in [-0.2, -0.15) is 0 Å². The smallest absolute Gasteiger partial charge is 0.252 e. The summed E-state index contributed by atoms with van der Waals surface area (Å²) in [4.78, 5) is 11.3. The van der Waals surface area contributed by atoms with Gasteiger partial charge in [0, 0.05) is 10.0 Å². The minimum Gasteiger partial charge on any atom is -0.490 e. The molecule has 3 nitrogen and oxygen atoms in total. The topological polar surface area (TPSA) is 35.5 Å². The van der Waals surface area contributed by atoms with E-state index in [1.54, 1.807) is 12.1 Å². The lowest BCUT2D eigenvalue weighted by molar-refractivity contribution is 0.108. The molecule has 2 aromatic carbocycles. The molecule has 0 amide bonds. The Morgan fingerprint density at radius 2 is 1.82 bits per heavy atom. The van der Waals surface area contributed by atoms with E-state index >= 15 is 0 Å². The summed E-state index contributed by atoms with van der Waals surface area (Å²) in [6, 6.07) is 11.0. The van der Waals surface area contributed by atoms with Crippen LogP contribution in [-0.4, -0.2) is 11.8 Å². The van der Waals surface area contributed by atoms with Crippen molar-refractivity contribution >= 4 is 48.7 Å². The molecule has 0 heterocycles. The molecule has 0 saturated carbocycles. The van der Waals surface area contributed by atoms with Crippen LogP contribution in [0.25, 0.3) is 0 Å². The molecule has 2 aromatic rings. The van der Waals surface area contributed by atoms with Crippen molar-refractivity contribution in [3.05, 3.63) is 56.5 Å². The predicted octanol–water partition coefficient (Wildman–Crippen LogP) is 5.57. The summed E-state index contributed by atoms with van der Waals surface area (Å²) >= 11 is 12.3. The lowest BCUT2D eigenvalue weighted by Crippen LogP contribution is -2.02. The molecule has 6 heteroatoms. The Labute approximate surface area is 150 Å². The number of ether oxygens (including phenoxy) is 2. The maximum Gasteiger partial charge on any atom is 0.252 e. The second kappa shape index (κ2) is 7.99. The van der Waals surface area contributed by atoms with Crippen LogP contribution in [0.5, 0.6) is 11.5 Å². The number of hydrogen-bond acceptors (Lipinski definition) is 3. The quantitative estimate of drug-likeness (QED) is 0.542. The van der Waals surface area contributed by atoms with Crippen molar-refractivity contribution in [2.24, 2.45) is 0 Å². The van der Waals surface area contributed by atoms with Gasteiger partial charge in [0.1, 0.15) is 6.61 Å². The Kier molecular flexibility index (Phi) is 6.29. The highest BCUT2D eigenvalue weighted by Gasteiger charge is 2.15. The van der Waals surface area contributed by atoms with E-state index in [9.17, 15) is 4.79 Å². The second-order valence-electron chi connectivity index (χ2n) is 4.41. The second-order valence-corrected chi connectivity index (χ2v) is 6.52. The molecule has 22 heavy (non-hydrogen) atoms. The van der Waals surface area contributed by atoms with Crippen LogP contribution in [0.15, 0.2) is 45.3 Å². The van der Waals surface area contributed by atoms with Gasteiger partial charge in [0.25, 0.3) is 5.24 Å². The molecular weight excluding hydrogens is 435 g/mol. The minimum atomic E-state index is -0.541. The van der Waals surface area contributed by atoms with Crippen LogP contribution in [0.3, 0.4) is 0 Å². The molecule has 0 fully saturated rings. The van der Waals surface area contributed by atoms with Gasteiger partial charge in [-0.1, -0.05) is 28.1 Å². The lowest BCUT2D eigenvalue weighted by atomic mass is 10.2. The molecule has 0 N–H and O–H groups in total. The highest BCUT2D eigenvalue weighted by molar-refractivity contribution is 9.10. The highest BCUT2D eigenvalue weighted by atomic mass is 79.9. The van der Waals surface area contributed by atoms with Gasteiger partial charge in [0.15, 0.2) is 11.5 Å². The molecule has 0 unspecified atom stereocenters. The average Bonchev–Trinajstić information content (AvgIpc) is 2.48. The predicted molar refractivity (Wildman–Crippen MR) is 94.0 cm³/mol. The van der Waals surface area contributed by atoms with Gasteiger partial charge in [-0.25, -0.2) is 0 Å². The number of carbonyl (C=O) groups is 1. The molecule has 116 valence electrons. The van der Waals surface area contributed by atoms with Crippen LogP contribution in [-0.2, 0) is 6.61 Å². The Hall–Kier alpha value is -1.04. The van der Waals surface area contributed by atoms with E-state index in [1.165, 1.54) is 0 Å². The van der Waals surface area contributed by atoms with Gasteiger partial charge in [0.2, 0.25) is 0 Å². The summed E-state index contributed by atoms with van der Waals surface area (Å²) in [5, 5.41) is -0.541. The van der Waals surface area contributed by atoms with Crippen LogP contribution in [0.2, 0.25) is 0 Å². The zero-order valence-electron chi connectivity index (χ0n) is 11.7. The summed E-state index contributed by atoms with van der Waals surface area (Å²) in [6.07, 6.45) is 0. The van der Waals surface area contributed by atoms with Crippen molar-refractivity contribution in [3.8, 4) is 11.5 Å². The van der Waals surface area contributed by atoms with Gasteiger partial charge in [0.05, 0.1) is 11.1 Å². The maximum absolute atomic E-state index is 11.3. The van der Waals surface area contributed by atoms with Crippen molar-refractivity contribution in [1.29, 1.82) is 0 Å². The number of carbonyl (C=O) groups excluding carboxylic acids is 1. The van der Waals surface area contributed by atoms with Gasteiger partial charge < -0.3 is 9.47 Å². The van der Waals surface area contributed by atoms with E-state index < -0.39 is 5.24 Å². The summed E-state index contributed by atoms with van der Waals surface area (Å²) in [6.45, 7) is 2.71.